The molecule has 0 saturated carbocycles. The molecule has 1 amide bonds. The fourth-order valence-corrected chi connectivity index (χ4v) is 2.84. The van der Waals surface area contributed by atoms with E-state index in [0.29, 0.717) is 12.2 Å². The van der Waals surface area contributed by atoms with E-state index in [1.165, 1.54) is 26.4 Å². The Hall–Kier alpha value is -1.48. The van der Waals surface area contributed by atoms with Crippen LogP contribution in [0.2, 0.25) is 0 Å². The quantitative estimate of drug-likeness (QED) is 0.526. The third-order valence-electron chi connectivity index (χ3n) is 2.88. The summed E-state index contributed by atoms with van der Waals surface area (Å²) in [5.41, 5.74) is 0.350. The summed E-state index contributed by atoms with van der Waals surface area (Å²) in [6.45, 7) is 2.36. The van der Waals surface area contributed by atoms with Crippen LogP contribution >= 0.6 is 0 Å². The number of anilines is 1. The summed E-state index contributed by atoms with van der Waals surface area (Å²) >= 11 is 0. The van der Waals surface area contributed by atoms with E-state index < -0.39 is 22.2 Å². The average Bonchev–Trinajstić information content (AvgIpc) is 2.49. The van der Waals surface area contributed by atoms with Crippen LogP contribution in [-0.4, -0.2) is 41.4 Å². The van der Waals surface area contributed by atoms with Crippen molar-refractivity contribution in [2.45, 2.75) is 31.0 Å². The second kappa shape index (κ2) is 8.84. The van der Waals surface area contributed by atoms with Gasteiger partial charge < -0.3 is 14.8 Å². The molecule has 0 radical (unpaired) electrons. The van der Waals surface area contributed by atoms with Gasteiger partial charge >= 0.3 is 0 Å². The Kier molecular flexibility index (Phi) is 7.46. The lowest BCUT2D eigenvalue weighted by Crippen LogP contribution is -2.31. The number of unbranched alkanes of at least 4 members (excludes halogenated alkanes) is 1. The van der Waals surface area contributed by atoms with Crippen LogP contribution in [0.5, 0.6) is 0 Å². The van der Waals surface area contributed by atoms with Crippen LogP contribution in [0.1, 0.15) is 19.8 Å². The first kappa shape index (κ1) is 18.6. The van der Waals surface area contributed by atoms with E-state index in [-0.39, 0.29) is 4.90 Å². The molecule has 0 aliphatic carbocycles. The molecule has 0 spiro atoms. The van der Waals surface area contributed by atoms with Gasteiger partial charge in [-0.05, 0) is 24.6 Å². The van der Waals surface area contributed by atoms with E-state index in [9.17, 15) is 13.2 Å². The maximum Gasteiger partial charge on any atom is 0.281 e. The standard InChI is InChI=1S/C14H22N2O5S/c1-4-5-9-15-22(18,19)12-8-6-7-11(10-12)16-13(17)14(20-2)21-3/h6-8,10,14-15H,4-5,9H2,1-3H3,(H,16,17). The van der Waals surface area contributed by atoms with Crippen molar-refractivity contribution >= 4 is 21.6 Å². The molecular formula is C14H22N2O5S. The third-order valence-corrected chi connectivity index (χ3v) is 4.34. The molecule has 0 aromatic heterocycles. The highest BCUT2D eigenvalue weighted by Crippen LogP contribution is 2.16. The highest BCUT2D eigenvalue weighted by molar-refractivity contribution is 7.89. The van der Waals surface area contributed by atoms with Crippen LogP contribution < -0.4 is 10.0 Å². The first-order chi connectivity index (χ1) is 10.4. The number of rotatable bonds is 9. The third kappa shape index (κ3) is 5.38. The van der Waals surface area contributed by atoms with Crippen LogP contribution in [0.15, 0.2) is 29.2 Å². The summed E-state index contributed by atoms with van der Waals surface area (Å²) in [5, 5.41) is 2.54. The van der Waals surface area contributed by atoms with Gasteiger partial charge in [0.25, 0.3) is 5.91 Å². The monoisotopic (exact) mass is 330 g/mol. The van der Waals surface area contributed by atoms with Crippen molar-refractivity contribution in [3.05, 3.63) is 24.3 Å². The van der Waals surface area contributed by atoms with Crippen molar-refractivity contribution in [2.75, 3.05) is 26.1 Å². The lowest BCUT2D eigenvalue weighted by atomic mass is 10.3. The number of carbonyl (C=O) groups is 1. The zero-order valence-corrected chi connectivity index (χ0v) is 13.8. The summed E-state index contributed by atoms with van der Waals surface area (Å²) in [5.74, 6) is -0.515. The Balaban J connectivity index is 2.83. The lowest BCUT2D eigenvalue weighted by molar-refractivity contribution is -0.153. The first-order valence-corrected chi connectivity index (χ1v) is 8.39. The summed E-state index contributed by atoms with van der Waals surface area (Å²) in [4.78, 5) is 11.9. The van der Waals surface area contributed by atoms with Crippen LogP contribution in [-0.2, 0) is 24.3 Å². The van der Waals surface area contributed by atoms with Gasteiger partial charge in [0.15, 0.2) is 0 Å². The fraction of sp³-hybridized carbons (Fsp3) is 0.500. The molecule has 0 aliphatic rings. The zero-order chi connectivity index (χ0) is 16.6. The van der Waals surface area contributed by atoms with Gasteiger partial charge in [0.1, 0.15) is 0 Å². The van der Waals surface area contributed by atoms with Gasteiger partial charge in [0, 0.05) is 26.5 Å². The molecule has 0 fully saturated rings. The minimum absolute atomic E-state index is 0.0905. The second-order valence-corrected chi connectivity index (χ2v) is 6.34. The van der Waals surface area contributed by atoms with Gasteiger partial charge in [-0.15, -0.1) is 0 Å². The topological polar surface area (TPSA) is 93.7 Å². The molecule has 1 aromatic carbocycles. The van der Waals surface area contributed by atoms with Crippen molar-refractivity contribution in [1.29, 1.82) is 0 Å². The maximum atomic E-state index is 12.1. The minimum Gasteiger partial charge on any atom is -0.348 e. The molecule has 1 aromatic rings. The molecule has 2 N–H and O–H groups in total. The molecule has 124 valence electrons. The molecule has 0 aliphatic heterocycles. The van der Waals surface area contributed by atoms with E-state index in [4.69, 9.17) is 9.47 Å². The van der Waals surface area contributed by atoms with E-state index in [0.717, 1.165) is 12.8 Å². The number of ether oxygens (including phenoxy) is 2. The summed E-state index contributed by atoms with van der Waals surface area (Å²) in [6.07, 6.45) is 0.607. The number of carbonyl (C=O) groups excluding carboxylic acids is 1. The SMILES string of the molecule is CCCCNS(=O)(=O)c1cccc(NC(=O)C(OC)OC)c1. The van der Waals surface area contributed by atoms with E-state index in [2.05, 4.69) is 10.0 Å². The first-order valence-electron chi connectivity index (χ1n) is 6.90. The van der Waals surface area contributed by atoms with Gasteiger partial charge in [-0.1, -0.05) is 19.4 Å². The van der Waals surface area contributed by atoms with Crippen LogP contribution in [0.3, 0.4) is 0 Å². The predicted octanol–water partition coefficient (Wildman–Crippen LogP) is 1.32. The average molecular weight is 330 g/mol. The van der Waals surface area contributed by atoms with Crippen molar-refractivity contribution in [2.24, 2.45) is 0 Å². The van der Waals surface area contributed by atoms with Crippen molar-refractivity contribution in [3.8, 4) is 0 Å². The summed E-state index contributed by atoms with van der Waals surface area (Å²) in [6, 6.07) is 5.99. The number of methoxy groups -OCH3 is 2. The maximum absolute atomic E-state index is 12.1. The van der Waals surface area contributed by atoms with Gasteiger partial charge in [-0.3, -0.25) is 4.79 Å². The molecule has 22 heavy (non-hydrogen) atoms. The van der Waals surface area contributed by atoms with Crippen LogP contribution in [0, 0.1) is 0 Å². The second-order valence-electron chi connectivity index (χ2n) is 4.57. The molecule has 0 unspecified atom stereocenters. The number of hydrogen-bond donors (Lipinski definition) is 2. The van der Waals surface area contributed by atoms with E-state index in [1.807, 2.05) is 6.92 Å². The van der Waals surface area contributed by atoms with Crippen molar-refractivity contribution in [1.82, 2.24) is 4.72 Å². The molecule has 0 atom stereocenters. The molecular weight excluding hydrogens is 308 g/mol. The molecule has 1 rings (SSSR count). The molecule has 7 nitrogen and oxygen atoms in total. The minimum atomic E-state index is -3.59. The Morgan fingerprint density at radius 1 is 1.27 bits per heavy atom. The molecule has 0 heterocycles. The van der Waals surface area contributed by atoms with E-state index in [1.54, 1.807) is 12.1 Å². The van der Waals surface area contributed by atoms with Gasteiger partial charge in [0.05, 0.1) is 4.90 Å². The highest BCUT2D eigenvalue weighted by atomic mass is 32.2. The Morgan fingerprint density at radius 2 is 1.95 bits per heavy atom. The zero-order valence-electron chi connectivity index (χ0n) is 13.0. The smallest absolute Gasteiger partial charge is 0.281 e. The number of benzene rings is 1. The van der Waals surface area contributed by atoms with Crippen molar-refractivity contribution in [3.63, 3.8) is 0 Å². The largest absolute Gasteiger partial charge is 0.348 e. The van der Waals surface area contributed by atoms with Crippen LogP contribution in [0.25, 0.3) is 0 Å². The molecule has 8 heteroatoms. The van der Waals surface area contributed by atoms with Gasteiger partial charge in [-0.25, -0.2) is 13.1 Å². The predicted molar refractivity (Wildman–Crippen MR) is 83.0 cm³/mol. The van der Waals surface area contributed by atoms with Gasteiger partial charge in [-0.2, -0.15) is 0 Å². The van der Waals surface area contributed by atoms with Crippen LogP contribution in [0.4, 0.5) is 5.69 Å². The fourth-order valence-electron chi connectivity index (χ4n) is 1.72. The normalized spacial score (nSPS) is 11.6. The van der Waals surface area contributed by atoms with E-state index >= 15 is 0 Å². The number of amides is 1. The van der Waals surface area contributed by atoms with Gasteiger partial charge in [0.2, 0.25) is 16.3 Å². The molecule has 0 saturated heterocycles. The summed E-state index contributed by atoms with van der Waals surface area (Å²) < 4.78 is 36.4. The molecule has 0 bridgehead atoms. The van der Waals surface area contributed by atoms with Crippen molar-refractivity contribution < 1.29 is 22.7 Å². The Bertz CT molecular complexity index is 585. The Morgan fingerprint density at radius 3 is 2.55 bits per heavy atom. The number of sulfonamides is 1. The Labute approximate surface area is 131 Å². The highest BCUT2D eigenvalue weighted by Gasteiger charge is 2.18. The number of nitrogens with one attached hydrogen (secondary N) is 2. The summed E-state index contributed by atoms with van der Waals surface area (Å²) in [7, 11) is -0.907. The lowest BCUT2D eigenvalue weighted by Gasteiger charge is -2.14. The number of hydrogen-bond acceptors (Lipinski definition) is 5.